The summed E-state index contributed by atoms with van der Waals surface area (Å²) in [6.45, 7) is 0. The number of ketones is 1. The molecule has 2 aromatic rings. The van der Waals surface area contributed by atoms with Crippen molar-refractivity contribution in [2.45, 2.75) is 0 Å². The van der Waals surface area contributed by atoms with Gasteiger partial charge in [-0.15, -0.1) is 0 Å². The van der Waals surface area contributed by atoms with Crippen molar-refractivity contribution in [3.05, 3.63) is 46.5 Å². The Bertz CT molecular complexity index is 417. The van der Waals surface area contributed by atoms with E-state index in [0.717, 1.165) is 4.60 Å². The van der Waals surface area contributed by atoms with E-state index in [1.54, 1.807) is 30.6 Å². The summed E-state index contributed by atoms with van der Waals surface area (Å²) in [6.07, 6.45) is 3.41. The van der Waals surface area contributed by atoms with Crippen molar-refractivity contribution in [1.82, 2.24) is 9.97 Å². The van der Waals surface area contributed by atoms with Crippen LogP contribution in [0, 0.1) is 0 Å². The lowest BCUT2D eigenvalue weighted by molar-refractivity contribution is 0.103. The van der Waals surface area contributed by atoms with Crippen LogP contribution in [0.2, 0.25) is 0 Å². The standard InChI is InChI=1S/C9H7BrN2O/c10-8-2-1-7(12-8)9(13)6-3-4-11-5-6/h1-5,11-12H. The average Bonchev–Trinajstić information content (AvgIpc) is 2.72. The molecule has 0 saturated heterocycles. The van der Waals surface area contributed by atoms with Crippen molar-refractivity contribution in [2.75, 3.05) is 0 Å². The van der Waals surface area contributed by atoms with Crippen LogP contribution in [0.5, 0.6) is 0 Å². The van der Waals surface area contributed by atoms with E-state index in [1.807, 2.05) is 0 Å². The lowest BCUT2D eigenvalue weighted by atomic mass is 10.2. The molecule has 0 aliphatic heterocycles. The third kappa shape index (κ3) is 1.58. The van der Waals surface area contributed by atoms with Crippen molar-refractivity contribution in [3.63, 3.8) is 0 Å². The molecule has 0 atom stereocenters. The van der Waals surface area contributed by atoms with Gasteiger partial charge in [-0.2, -0.15) is 0 Å². The predicted octanol–water partition coefficient (Wildman–Crippen LogP) is 2.34. The molecule has 2 aromatic heterocycles. The number of aromatic amines is 2. The molecule has 2 heterocycles. The van der Waals surface area contributed by atoms with E-state index in [-0.39, 0.29) is 5.78 Å². The summed E-state index contributed by atoms with van der Waals surface area (Å²) >= 11 is 3.25. The van der Waals surface area contributed by atoms with Gasteiger partial charge in [0.25, 0.3) is 0 Å². The number of hydrogen-bond acceptors (Lipinski definition) is 1. The number of carbonyl (C=O) groups excluding carboxylic acids is 1. The Morgan fingerprint density at radius 1 is 1.31 bits per heavy atom. The lowest BCUT2D eigenvalue weighted by Crippen LogP contribution is -1.99. The molecular weight excluding hydrogens is 232 g/mol. The van der Waals surface area contributed by atoms with Crippen LogP contribution in [-0.2, 0) is 0 Å². The summed E-state index contributed by atoms with van der Waals surface area (Å²) in [6, 6.07) is 5.30. The number of hydrogen-bond donors (Lipinski definition) is 2. The first kappa shape index (κ1) is 8.31. The molecule has 2 N–H and O–H groups in total. The van der Waals surface area contributed by atoms with Gasteiger partial charge in [0.05, 0.1) is 10.3 Å². The largest absolute Gasteiger partial charge is 0.367 e. The highest BCUT2D eigenvalue weighted by molar-refractivity contribution is 9.10. The Balaban J connectivity index is 2.33. The fourth-order valence-corrected chi connectivity index (χ4v) is 1.47. The molecule has 0 saturated carbocycles. The Labute approximate surface area is 83.3 Å². The molecule has 2 rings (SSSR count). The van der Waals surface area contributed by atoms with Gasteiger partial charge >= 0.3 is 0 Å². The number of H-pyrrole nitrogens is 2. The highest BCUT2D eigenvalue weighted by Gasteiger charge is 2.10. The van der Waals surface area contributed by atoms with Gasteiger partial charge in [0.1, 0.15) is 0 Å². The van der Waals surface area contributed by atoms with Crippen LogP contribution in [-0.4, -0.2) is 15.8 Å². The lowest BCUT2D eigenvalue weighted by Gasteiger charge is -1.92. The maximum atomic E-state index is 11.6. The zero-order valence-electron chi connectivity index (χ0n) is 6.67. The Morgan fingerprint density at radius 2 is 2.15 bits per heavy atom. The maximum absolute atomic E-state index is 11.6. The molecule has 0 radical (unpaired) electrons. The van der Waals surface area contributed by atoms with E-state index in [4.69, 9.17) is 0 Å². The smallest absolute Gasteiger partial charge is 0.210 e. The fraction of sp³-hybridized carbons (Fsp3) is 0. The molecule has 0 fully saturated rings. The summed E-state index contributed by atoms with van der Waals surface area (Å²) in [4.78, 5) is 17.4. The van der Waals surface area contributed by atoms with Gasteiger partial charge in [-0.3, -0.25) is 4.79 Å². The number of halogens is 1. The molecule has 4 heteroatoms. The van der Waals surface area contributed by atoms with Crippen LogP contribution in [0.3, 0.4) is 0 Å². The van der Waals surface area contributed by atoms with Gasteiger partial charge in [0, 0.05) is 18.0 Å². The molecular formula is C9H7BrN2O. The monoisotopic (exact) mass is 238 g/mol. The first-order valence-corrected chi connectivity index (χ1v) is 4.58. The van der Waals surface area contributed by atoms with Gasteiger partial charge in [-0.05, 0) is 34.1 Å². The van der Waals surface area contributed by atoms with Crippen LogP contribution in [0.4, 0.5) is 0 Å². The second-order valence-electron chi connectivity index (χ2n) is 2.65. The predicted molar refractivity (Wildman–Crippen MR) is 52.7 cm³/mol. The van der Waals surface area contributed by atoms with Crippen molar-refractivity contribution in [1.29, 1.82) is 0 Å². The molecule has 0 bridgehead atoms. The summed E-state index contributed by atoms with van der Waals surface area (Å²) in [7, 11) is 0. The summed E-state index contributed by atoms with van der Waals surface area (Å²) in [5.41, 5.74) is 1.25. The number of nitrogens with one attached hydrogen (secondary N) is 2. The highest BCUT2D eigenvalue weighted by atomic mass is 79.9. The molecule has 0 aliphatic carbocycles. The van der Waals surface area contributed by atoms with E-state index >= 15 is 0 Å². The minimum Gasteiger partial charge on any atom is -0.367 e. The Kier molecular flexibility index (Phi) is 2.06. The van der Waals surface area contributed by atoms with Gasteiger partial charge < -0.3 is 9.97 Å². The zero-order chi connectivity index (χ0) is 9.26. The molecule has 0 aliphatic rings. The van der Waals surface area contributed by atoms with Crippen molar-refractivity contribution in [2.24, 2.45) is 0 Å². The van der Waals surface area contributed by atoms with Crippen LogP contribution >= 0.6 is 15.9 Å². The number of rotatable bonds is 2. The second kappa shape index (κ2) is 3.22. The van der Waals surface area contributed by atoms with Crippen molar-refractivity contribution >= 4 is 21.7 Å². The van der Waals surface area contributed by atoms with Crippen LogP contribution in [0.25, 0.3) is 0 Å². The van der Waals surface area contributed by atoms with E-state index in [1.165, 1.54) is 0 Å². The zero-order valence-corrected chi connectivity index (χ0v) is 8.26. The number of aromatic nitrogens is 2. The van der Waals surface area contributed by atoms with E-state index < -0.39 is 0 Å². The third-order valence-corrected chi connectivity index (χ3v) is 2.22. The molecule has 3 nitrogen and oxygen atoms in total. The Morgan fingerprint density at radius 3 is 2.69 bits per heavy atom. The summed E-state index contributed by atoms with van der Waals surface area (Å²) in [5, 5.41) is 0. The van der Waals surface area contributed by atoms with Gasteiger partial charge in [0.15, 0.2) is 0 Å². The number of carbonyl (C=O) groups is 1. The second-order valence-corrected chi connectivity index (χ2v) is 3.50. The quantitative estimate of drug-likeness (QED) is 0.776. The fourth-order valence-electron chi connectivity index (χ4n) is 1.12. The van der Waals surface area contributed by atoms with Crippen LogP contribution in [0.15, 0.2) is 35.2 Å². The molecule has 13 heavy (non-hydrogen) atoms. The topological polar surface area (TPSA) is 48.6 Å². The SMILES string of the molecule is O=C(c1cc[nH]c1)c1ccc(Br)[nH]1. The highest BCUT2D eigenvalue weighted by Crippen LogP contribution is 2.12. The minimum absolute atomic E-state index is 0.00745. The first-order chi connectivity index (χ1) is 6.27. The first-order valence-electron chi connectivity index (χ1n) is 3.79. The minimum atomic E-state index is -0.00745. The molecule has 0 unspecified atom stereocenters. The average molecular weight is 239 g/mol. The molecule has 0 amide bonds. The van der Waals surface area contributed by atoms with Crippen molar-refractivity contribution in [3.8, 4) is 0 Å². The van der Waals surface area contributed by atoms with Gasteiger partial charge in [-0.25, -0.2) is 0 Å². The molecule has 0 aromatic carbocycles. The summed E-state index contributed by atoms with van der Waals surface area (Å²) in [5.74, 6) is -0.00745. The van der Waals surface area contributed by atoms with E-state index in [2.05, 4.69) is 25.9 Å². The molecule has 0 spiro atoms. The van der Waals surface area contributed by atoms with E-state index in [9.17, 15) is 4.79 Å². The van der Waals surface area contributed by atoms with E-state index in [0.29, 0.717) is 11.3 Å². The Hall–Kier alpha value is -1.29. The normalized spacial score (nSPS) is 10.2. The third-order valence-electron chi connectivity index (χ3n) is 1.76. The van der Waals surface area contributed by atoms with Crippen LogP contribution < -0.4 is 0 Å². The van der Waals surface area contributed by atoms with Gasteiger partial charge in [-0.1, -0.05) is 0 Å². The molecule has 66 valence electrons. The van der Waals surface area contributed by atoms with Crippen LogP contribution in [0.1, 0.15) is 16.1 Å². The van der Waals surface area contributed by atoms with Gasteiger partial charge in [0.2, 0.25) is 5.78 Å². The summed E-state index contributed by atoms with van der Waals surface area (Å²) < 4.78 is 0.811. The van der Waals surface area contributed by atoms with Crippen molar-refractivity contribution < 1.29 is 4.79 Å². The maximum Gasteiger partial charge on any atom is 0.210 e.